The quantitative estimate of drug-likeness (QED) is 0.148. The predicted octanol–water partition coefficient (Wildman–Crippen LogP) is 10.2. The average molecular weight is 699 g/mol. The zero-order valence-electron chi connectivity index (χ0n) is 31.8. The van der Waals surface area contributed by atoms with Crippen LogP contribution in [0.25, 0.3) is 33.5 Å². The van der Waals surface area contributed by atoms with Gasteiger partial charge in [-0.3, -0.25) is 4.90 Å². The summed E-state index contributed by atoms with van der Waals surface area (Å²) >= 11 is 0. The molecular formula is C49H43BN4. The first-order chi connectivity index (χ1) is 26.2. The van der Waals surface area contributed by atoms with Gasteiger partial charge < -0.3 is 0 Å². The van der Waals surface area contributed by atoms with Crippen LogP contribution in [0.1, 0.15) is 33.4 Å². The summed E-state index contributed by atoms with van der Waals surface area (Å²) in [6.45, 7) is 13.5. The van der Waals surface area contributed by atoms with Gasteiger partial charge in [0.2, 0.25) is 12.7 Å². The van der Waals surface area contributed by atoms with Gasteiger partial charge in [-0.05, 0) is 76.6 Å². The minimum Gasteiger partial charge on any atom is -0.279 e. The molecule has 0 fully saturated rings. The molecule has 0 aliphatic carbocycles. The van der Waals surface area contributed by atoms with Crippen LogP contribution in [0.3, 0.4) is 0 Å². The fourth-order valence-corrected chi connectivity index (χ4v) is 8.18. The molecule has 54 heavy (non-hydrogen) atoms. The van der Waals surface area contributed by atoms with E-state index in [2.05, 4.69) is 137 Å². The highest BCUT2D eigenvalue weighted by Crippen LogP contribution is 2.35. The third-order valence-corrected chi connectivity index (χ3v) is 10.4. The molecule has 0 spiro atoms. The van der Waals surface area contributed by atoms with Crippen LogP contribution in [0.5, 0.6) is 0 Å². The average Bonchev–Trinajstić information content (AvgIpc) is 3.17. The first-order valence-electron chi connectivity index (χ1n) is 18.6. The summed E-state index contributed by atoms with van der Waals surface area (Å²) in [7, 11) is 0. The maximum atomic E-state index is 5.18. The minimum absolute atomic E-state index is 0.0703. The van der Waals surface area contributed by atoms with E-state index >= 15 is 0 Å². The summed E-state index contributed by atoms with van der Waals surface area (Å²) in [6, 6.07) is 53.6. The van der Waals surface area contributed by atoms with Gasteiger partial charge in [0, 0.05) is 22.5 Å². The number of nitrogens with zero attached hydrogens (tertiary/aromatic N) is 4. The van der Waals surface area contributed by atoms with Gasteiger partial charge in [0.1, 0.15) is 0 Å². The molecule has 0 bridgehead atoms. The van der Waals surface area contributed by atoms with Gasteiger partial charge in [-0.25, -0.2) is 4.98 Å². The molecule has 0 N–H and O–H groups in total. The Balaban J connectivity index is 1.34. The van der Waals surface area contributed by atoms with Crippen molar-refractivity contribution in [3.63, 3.8) is 0 Å². The second kappa shape index (κ2) is 14.6. The number of benzene rings is 7. The van der Waals surface area contributed by atoms with Gasteiger partial charge in [0.15, 0.2) is 11.6 Å². The van der Waals surface area contributed by atoms with Crippen LogP contribution in [0.15, 0.2) is 152 Å². The molecule has 0 unspecified atom stereocenters. The molecule has 262 valence electrons. The highest BCUT2D eigenvalue weighted by Gasteiger charge is 2.29. The Labute approximate surface area is 319 Å². The van der Waals surface area contributed by atoms with E-state index in [0.717, 1.165) is 27.9 Å². The van der Waals surface area contributed by atoms with Crippen LogP contribution < -0.4 is 21.3 Å². The Morgan fingerprint density at radius 1 is 0.407 bits per heavy atom. The van der Waals surface area contributed by atoms with Gasteiger partial charge in [0.25, 0.3) is 0 Å². The van der Waals surface area contributed by atoms with E-state index in [9.17, 15) is 0 Å². The van der Waals surface area contributed by atoms with E-state index < -0.39 is 0 Å². The Bertz CT molecular complexity index is 2460. The number of aryl methyl sites for hydroxylation is 6. The molecule has 0 amide bonds. The van der Waals surface area contributed by atoms with Crippen LogP contribution in [-0.4, -0.2) is 21.7 Å². The van der Waals surface area contributed by atoms with Crippen molar-refractivity contribution in [2.24, 2.45) is 0 Å². The van der Waals surface area contributed by atoms with Gasteiger partial charge in [-0.15, -0.1) is 0 Å². The molecule has 0 saturated heterocycles. The highest BCUT2D eigenvalue weighted by atomic mass is 15.3. The molecule has 0 aliphatic rings. The summed E-state index contributed by atoms with van der Waals surface area (Å²) < 4.78 is 0. The lowest BCUT2D eigenvalue weighted by Crippen LogP contribution is -2.55. The molecule has 1 heterocycles. The van der Waals surface area contributed by atoms with E-state index in [1.165, 1.54) is 55.2 Å². The van der Waals surface area contributed by atoms with Gasteiger partial charge in [-0.2, -0.15) is 9.97 Å². The third-order valence-electron chi connectivity index (χ3n) is 10.4. The molecular weight excluding hydrogens is 655 g/mol. The lowest BCUT2D eigenvalue weighted by atomic mass is 9.34. The van der Waals surface area contributed by atoms with Crippen LogP contribution in [0, 0.1) is 41.5 Å². The second-order valence-corrected chi connectivity index (χ2v) is 14.5. The van der Waals surface area contributed by atoms with E-state index in [4.69, 9.17) is 15.0 Å². The summed E-state index contributed by atoms with van der Waals surface area (Å²) in [5.41, 5.74) is 15.6. The van der Waals surface area contributed by atoms with Crippen molar-refractivity contribution in [3.8, 4) is 22.8 Å². The number of aromatic nitrogens is 3. The van der Waals surface area contributed by atoms with Crippen molar-refractivity contribution in [3.05, 3.63) is 185 Å². The Hall–Kier alpha value is -6.33. The fraction of sp³-hybridized carbons (Fsp3) is 0.122. The van der Waals surface area contributed by atoms with Crippen molar-refractivity contribution in [1.82, 2.24) is 15.0 Å². The summed E-state index contributed by atoms with van der Waals surface area (Å²) in [5, 5.41) is 2.32. The summed E-state index contributed by atoms with van der Waals surface area (Å²) in [6.07, 6.45) is 0. The van der Waals surface area contributed by atoms with Crippen molar-refractivity contribution in [2.45, 2.75) is 41.5 Å². The predicted molar refractivity (Wildman–Crippen MR) is 229 cm³/mol. The number of rotatable bonds is 8. The molecule has 7 aromatic carbocycles. The smallest absolute Gasteiger partial charge is 0.242 e. The largest absolute Gasteiger partial charge is 0.279 e. The Morgan fingerprint density at radius 2 is 0.852 bits per heavy atom. The first-order valence-corrected chi connectivity index (χ1v) is 18.6. The van der Waals surface area contributed by atoms with Crippen LogP contribution in [0.2, 0.25) is 0 Å². The molecule has 4 nitrogen and oxygen atoms in total. The molecule has 0 radical (unpaired) electrons. The Morgan fingerprint density at radius 3 is 1.35 bits per heavy atom. The number of anilines is 3. The van der Waals surface area contributed by atoms with E-state index in [0.29, 0.717) is 17.6 Å². The van der Waals surface area contributed by atoms with Gasteiger partial charge >= 0.3 is 0 Å². The van der Waals surface area contributed by atoms with Crippen molar-refractivity contribution in [1.29, 1.82) is 0 Å². The molecule has 0 saturated carbocycles. The lowest BCUT2D eigenvalue weighted by Gasteiger charge is -2.27. The maximum absolute atomic E-state index is 5.18. The first kappa shape index (κ1) is 34.7. The van der Waals surface area contributed by atoms with Crippen LogP contribution in [0.4, 0.5) is 17.3 Å². The summed E-state index contributed by atoms with van der Waals surface area (Å²) in [5.74, 6) is 1.80. The zero-order valence-corrected chi connectivity index (χ0v) is 31.8. The SMILES string of the molecule is Cc1cc(C)c(B(c2ccc(N(c3ccc4ccccc4c3)c3nc(-c4ccccc4)nc(-c4ccccc4)n3)cc2)c2c(C)cc(C)cc2C)c(C)c1. The standard InChI is InChI=1S/C49H43BN4/c1-32-27-34(3)45(35(4)28-32)50(46-36(5)29-33(2)30-37(46)6)42-22-25-43(26-23-42)54(44-24-21-38-15-13-14-20-41(38)31-44)49-52-47(39-16-9-7-10-17-39)51-48(53-49)40-18-11-8-12-19-40/h7-31H,1-6H3. The van der Waals surface area contributed by atoms with Gasteiger partial charge in [-0.1, -0.05) is 177 Å². The molecule has 5 heteroatoms. The van der Waals surface area contributed by atoms with E-state index in [1.807, 2.05) is 60.7 Å². The summed E-state index contributed by atoms with van der Waals surface area (Å²) in [4.78, 5) is 17.5. The number of hydrogen-bond donors (Lipinski definition) is 0. The minimum atomic E-state index is 0.0703. The molecule has 0 atom stereocenters. The van der Waals surface area contributed by atoms with Crippen molar-refractivity contribution < 1.29 is 0 Å². The lowest BCUT2D eigenvalue weighted by molar-refractivity contribution is 1.02. The zero-order chi connectivity index (χ0) is 37.3. The van der Waals surface area contributed by atoms with Crippen LogP contribution >= 0.6 is 0 Å². The molecule has 1 aromatic heterocycles. The molecule has 0 aliphatic heterocycles. The van der Waals surface area contributed by atoms with Crippen molar-refractivity contribution in [2.75, 3.05) is 4.90 Å². The van der Waals surface area contributed by atoms with E-state index in [-0.39, 0.29) is 6.71 Å². The second-order valence-electron chi connectivity index (χ2n) is 14.5. The number of fused-ring (bicyclic) bond motifs is 1. The van der Waals surface area contributed by atoms with E-state index in [1.54, 1.807) is 0 Å². The monoisotopic (exact) mass is 698 g/mol. The normalized spacial score (nSPS) is 11.1. The highest BCUT2D eigenvalue weighted by molar-refractivity contribution is 6.96. The molecule has 8 rings (SSSR count). The fourth-order valence-electron chi connectivity index (χ4n) is 8.18. The Kier molecular flexibility index (Phi) is 9.39. The maximum Gasteiger partial charge on any atom is 0.242 e. The van der Waals surface area contributed by atoms with Crippen LogP contribution in [-0.2, 0) is 0 Å². The third kappa shape index (κ3) is 6.81. The topological polar surface area (TPSA) is 41.9 Å². The molecule has 8 aromatic rings. The number of hydrogen-bond acceptors (Lipinski definition) is 4. The van der Waals surface area contributed by atoms with Crippen molar-refractivity contribution >= 4 is 51.2 Å². The van der Waals surface area contributed by atoms with Gasteiger partial charge in [0.05, 0.1) is 0 Å².